The molecule has 0 saturated carbocycles. The van der Waals surface area contributed by atoms with Crippen LogP contribution < -0.4 is 0 Å². The third-order valence-electron chi connectivity index (χ3n) is 10.7. The van der Waals surface area contributed by atoms with Crippen molar-refractivity contribution in [2.75, 3.05) is 13.2 Å². The van der Waals surface area contributed by atoms with Crippen molar-refractivity contribution in [2.24, 2.45) is 0 Å². The van der Waals surface area contributed by atoms with Crippen molar-refractivity contribution in [1.82, 2.24) is 0 Å². The second-order valence-corrected chi connectivity index (χ2v) is 17.0. The number of rotatable bonds is 46. The summed E-state index contributed by atoms with van der Waals surface area (Å²) >= 11 is 0. The number of carbonyl (C=O) groups is 3. The molecule has 0 saturated heterocycles. The number of ether oxygens (including phenoxy) is 3. The van der Waals surface area contributed by atoms with Gasteiger partial charge >= 0.3 is 17.9 Å². The van der Waals surface area contributed by atoms with Gasteiger partial charge in [-0.1, -0.05) is 206 Å². The van der Waals surface area contributed by atoms with E-state index in [9.17, 15) is 14.4 Å². The lowest BCUT2D eigenvalue weighted by atomic mass is 10.1. The molecule has 372 valence electrons. The molecule has 0 amide bonds. The molecule has 0 radical (unpaired) electrons. The van der Waals surface area contributed by atoms with Crippen LogP contribution in [0, 0.1) is 0 Å². The molecule has 0 spiro atoms. The number of esters is 3. The van der Waals surface area contributed by atoms with E-state index in [1.165, 1.54) is 51.4 Å². The minimum Gasteiger partial charge on any atom is -0.462 e. The van der Waals surface area contributed by atoms with Gasteiger partial charge in [0.1, 0.15) is 13.2 Å². The molecule has 0 heterocycles. The zero-order valence-corrected chi connectivity index (χ0v) is 42.4. The molecule has 0 aliphatic heterocycles. The van der Waals surface area contributed by atoms with Crippen molar-refractivity contribution in [2.45, 2.75) is 226 Å². The van der Waals surface area contributed by atoms with Crippen molar-refractivity contribution in [3.8, 4) is 0 Å². The highest BCUT2D eigenvalue weighted by atomic mass is 16.6. The number of hydrogen-bond donors (Lipinski definition) is 0. The van der Waals surface area contributed by atoms with Crippen LogP contribution in [-0.2, 0) is 28.6 Å². The van der Waals surface area contributed by atoms with Gasteiger partial charge in [0.15, 0.2) is 6.10 Å². The molecule has 1 atom stereocenters. The first-order chi connectivity index (χ1) is 32.5. The van der Waals surface area contributed by atoms with Crippen LogP contribution >= 0.6 is 0 Å². The normalized spacial score (nSPS) is 13.1. The lowest BCUT2D eigenvalue weighted by Crippen LogP contribution is -2.30. The zero-order chi connectivity index (χ0) is 47.9. The Bertz CT molecular complexity index is 1420. The van der Waals surface area contributed by atoms with Gasteiger partial charge in [-0.15, -0.1) is 0 Å². The summed E-state index contributed by atoms with van der Waals surface area (Å²) in [7, 11) is 0. The van der Waals surface area contributed by atoms with Crippen LogP contribution in [0.15, 0.2) is 122 Å². The Morgan fingerprint density at radius 2 is 0.621 bits per heavy atom. The van der Waals surface area contributed by atoms with E-state index in [0.717, 1.165) is 116 Å². The fourth-order valence-corrected chi connectivity index (χ4v) is 6.77. The van der Waals surface area contributed by atoms with E-state index < -0.39 is 6.10 Å². The third-order valence-corrected chi connectivity index (χ3v) is 10.7. The van der Waals surface area contributed by atoms with E-state index in [4.69, 9.17) is 14.2 Å². The smallest absolute Gasteiger partial charge is 0.306 e. The predicted molar refractivity (Wildman–Crippen MR) is 283 cm³/mol. The lowest BCUT2D eigenvalue weighted by molar-refractivity contribution is -0.166. The van der Waals surface area contributed by atoms with Gasteiger partial charge in [0, 0.05) is 19.3 Å². The highest BCUT2D eigenvalue weighted by Gasteiger charge is 2.19. The maximum absolute atomic E-state index is 12.8. The summed E-state index contributed by atoms with van der Waals surface area (Å²) in [6, 6.07) is 0. The number of unbranched alkanes of at least 4 members (excludes halogenated alkanes) is 15. The fraction of sp³-hybridized carbons (Fsp3) is 0.617. The monoisotopic (exact) mass is 913 g/mol. The topological polar surface area (TPSA) is 78.9 Å². The maximum atomic E-state index is 12.8. The summed E-state index contributed by atoms with van der Waals surface area (Å²) in [6.45, 7) is 6.30. The molecule has 0 fully saturated rings. The Morgan fingerprint density at radius 1 is 0.318 bits per heavy atom. The van der Waals surface area contributed by atoms with Crippen LogP contribution in [0.4, 0.5) is 0 Å². The highest BCUT2D eigenvalue weighted by Crippen LogP contribution is 2.12. The van der Waals surface area contributed by atoms with Crippen LogP contribution in [0.25, 0.3) is 0 Å². The molecule has 0 N–H and O–H groups in total. The standard InChI is InChI=1S/C60H96O6/c1-4-7-10-13-16-19-22-25-27-29-30-31-33-35-38-41-44-47-50-53-59(62)65-56-57(55-64-58(61)52-49-46-43-40-37-34-24-21-18-15-12-9-6-3)66-60(63)54-51-48-45-42-39-36-32-28-26-23-20-17-14-11-8-5-2/h7-8,10-11,16-17,19-20,25-28,30-31,34,36-37,39,43,46,57H,4-6,9,12-15,18,21-24,29,32-33,35,38,40-42,44-45,47-56H2,1-3H3/b10-7+,11-8+,19-16+,20-17+,27-25+,28-26+,31-30+,37-34+,39-36+,46-43+. The van der Waals surface area contributed by atoms with Crippen LogP contribution in [0.5, 0.6) is 0 Å². The number of allylic oxidation sites excluding steroid dienone is 20. The average Bonchev–Trinajstić information content (AvgIpc) is 3.31. The first kappa shape index (κ1) is 61.8. The molecule has 0 rings (SSSR count). The number of hydrogen-bond acceptors (Lipinski definition) is 6. The Morgan fingerprint density at radius 3 is 1.03 bits per heavy atom. The maximum Gasteiger partial charge on any atom is 0.306 e. The molecule has 0 aromatic carbocycles. The summed E-state index contributed by atoms with van der Waals surface area (Å²) < 4.78 is 16.7. The molecule has 66 heavy (non-hydrogen) atoms. The predicted octanol–water partition coefficient (Wildman–Crippen LogP) is 17.7. The molecule has 6 heteroatoms. The summed E-state index contributed by atoms with van der Waals surface area (Å²) in [5.41, 5.74) is 0. The lowest BCUT2D eigenvalue weighted by Gasteiger charge is -2.18. The Balaban J connectivity index is 4.53. The van der Waals surface area contributed by atoms with Gasteiger partial charge in [0.05, 0.1) is 0 Å². The van der Waals surface area contributed by atoms with Gasteiger partial charge in [0.2, 0.25) is 0 Å². The van der Waals surface area contributed by atoms with Gasteiger partial charge in [0.25, 0.3) is 0 Å². The Labute approximate surface area is 405 Å². The Hall–Kier alpha value is -4.19. The molecule has 1 unspecified atom stereocenters. The molecular formula is C60H96O6. The second kappa shape index (κ2) is 53.4. The van der Waals surface area contributed by atoms with Gasteiger partial charge < -0.3 is 14.2 Å². The molecular weight excluding hydrogens is 817 g/mol. The molecule has 0 aromatic rings. The van der Waals surface area contributed by atoms with Crippen molar-refractivity contribution in [3.05, 3.63) is 122 Å². The number of carbonyl (C=O) groups excluding carboxylic acids is 3. The van der Waals surface area contributed by atoms with Crippen LogP contribution in [-0.4, -0.2) is 37.2 Å². The summed E-state index contributed by atoms with van der Waals surface area (Å²) in [6.07, 6.45) is 73.4. The van der Waals surface area contributed by atoms with E-state index in [1.54, 1.807) is 0 Å². The van der Waals surface area contributed by atoms with E-state index in [1.807, 2.05) is 6.08 Å². The van der Waals surface area contributed by atoms with E-state index >= 15 is 0 Å². The van der Waals surface area contributed by atoms with Gasteiger partial charge in [-0.05, 0) is 116 Å². The minimum absolute atomic E-state index is 0.119. The Kier molecular flexibility index (Phi) is 50.0. The fourth-order valence-electron chi connectivity index (χ4n) is 6.77. The quantitative estimate of drug-likeness (QED) is 0.0262. The van der Waals surface area contributed by atoms with E-state index in [0.29, 0.717) is 19.3 Å². The largest absolute Gasteiger partial charge is 0.462 e. The minimum atomic E-state index is -0.827. The second-order valence-electron chi connectivity index (χ2n) is 17.0. The van der Waals surface area contributed by atoms with Crippen LogP contribution in [0.1, 0.15) is 220 Å². The van der Waals surface area contributed by atoms with Gasteiger partial charge in [-0.25, -0.2) is 0 Å². The van der Waals surface area contributed by atoms with Crippen molar-refractivity contribution in [3.63, 3.8) is 0 Å². The van der Waals surface area contributed by atoms with Crippen molar-refractivity contribution < 1.29 is 28.6 Å². The van der Waals surface area contributed by atoms with E-state index in [-0.39, 0.29) is 44.0 Å². The first-order valence-corrected chi connectivity index (χ1v) is 26.5. The molecule has 6 nitrogen and oxygen atoms in total. The first-order valence-electron chi connectivity index (χ1n) is 26.5. The third kappa shape index (κ3) is 50.8. The van der Waals surface area contributed by atoms with Gasteiger partial charge in [-0.3, -0.25) is 14.4 Å². The highest BCUT2D eigenvalue weighted by molar-refractivity contribution is 5.71. The van der Waals surface area contributed by atoms with Crippen molar-refractivity contribution >= 4 is 17.9 Å². The van der Waals surface area contributed by atoms with Crippen molar-refractivity contribution in [1.29, 1.82) is 0 Å². The molecule has 0 aliphatic carbocycles. The summed E-state index contributed by atoms with van der Waals surface area (Å²) in [5, 5.41) is 0. The summed E-state index contributed by atoms with van der Waals surface area (Å²) in [5.74, 6) is -1.04. The van der Waals surface area contributed by atoms with Gasteiger partial charge in [-0.2, -0.15) is 0 Å². The SMILES string of the molecule is CC/C=C/C/C=C/C/C=C/C/C=C/CCCCCCCCC(=O)OCC(COC(=O)CC/C=C/C/C=C/CCCCCCCC)OC(=O)CCCCC/C=C/C/C=C/C/C=C/C/C=C/CC. The average molecular weight is 913 g/mol. The summed E-state index contributed by atoms with van der Waals surface area (Å²) in [4.78, 5) is 38.0. The van der Waals surface area contributed by atoms with Crippen LogP contribution in [0.3, 0.4) is 0 Å². The zero-order valence-electron chi connectivity index (χ0n) is 42.4. The molecule has 0 aromatic heterocycles. The molecule has 0 bridgehead atoms. The van der Waals surface area contributed by atoms with Crippen LogP contribution in [0.2, 0.25) is 0 Å². The molecule has 0 aliphatic rings. The van der Waals surface area contributed by atoms with E-state index in [2.05, 4.69) is 136 Å².